The minimum Gasteiger partial charge on any atom is -0.388 e. The van der Waals surface area contributed by atoms with E-state index < -0.39 is 29.1 Å². The van der Waals surface area contributed by atoms with Gasteiger partial charge < -0.3 is 15.7 Å². The first-order chi connectivity index (χ1) is 9.89. The van der Waals surface area contributed by atoms with Crippen molar-refractivity contribution in [2.45, 2.75) is 31.3 Å². The van der Waals surface area contributed by atoms with Crippen molar-refractivity contribution in [2.24, 2.45) is 0 Å². The predicted molar refractivity (Wildman–Crippen MR) is 70.2 cm³/mol. The molecule has 116 valence electrons. The zero-order valence-corrected chi connectivity index (χ0v) is 11.4. The van der Waals surface area contributed by atoms with Crippen molar-refractivity contribution in [3.05, 3.63) is 35.1 Å². The topological polar surface area (TPSA) is 61.4 Å². The summed E-state index contributed by atoms with van der Waals surface area (Å²) in [5, 5.41) is 14.8. The summed E-state index contributed by atoms with van der Waals surface area (Å²) in [6, 6.07) is 1.34. The van der Waals surface area contributed by atoms with Gasteiger partial charge in [0.25, 0.3) is 0 Å². The molecule has 21 heavy (non-hydrogen) atoms. The van der Waals surface area contributed by atoms with Crippen LogP contribution < -0.4 is 10.6 Å². The van der Waals surface area contributed by atoms with Crippen molar-refractivity contribution in [1.82, 2.24) is 10.6 Å². The summed E-state index contributed by atoms with van der Waals surface area (Å²) in [6.45, 7) is 0.327. The van der Waals surface area contributed by atoms with Crippen LogP contribution in [0.3, 0.4) is 0 Å². The smallest absolute Gasteiger partial charge is 0.314 e. The van der Waals surface area contributed by atoms with Gasteiger partial charge in [0.1, 0.15) is 0 Å². The van der Waals surface area contributed by atoms with E-state index in [2.05, 4.69) is 10.6 Å². The fourth-order valence-electron chi connectivity index (χ4n) is 2.14. The molecule has 1 fully saturated rings. The Hall–Kier alpha value is -1.76. The second-order valence-electron chi connectivity index (χ2n) is 5.31. The Balaban J connectivity index is 1.72. The minimum atomic E-state index is -1.50. The molecule has 1 aliphatic carbocycles. The molecule has 1 aromatic carbocycles. The van der Waals surface area contributed by atoms with Crippen LogP contribution >= 0.6 is 0 Å². The van der Waals surface area contributed by atoms with Crippen LogP contribution in [-0.2, 0) is 6.42 Å². The number of hydrogen-bond acceptors (Lipinski definition) is 2. The molecule has 4 nitrogen and oxygen atoms in total. The largest absolute Gasteiger partial charge is 0.388 e. The molecule has 0 atom stereocenters. The summed E-state index contributed by atoms with van der Waals surface area (Å²) in [7, 11) is 0. The van der Waals surface area contributed by atoms with Gasteiger partial charge in [-0.25, -0.2) is 18.0 Å². The number of hydrogen-bond donors (Lipinski definition) is 3. The highest BCUT2D eigenvalue weighted by Gasteiger charge is 2.34. The molecular formula is C14H17F3N2O2. The molecule has 0 unspecified atom stereocenters. The van der Waals surface area contributed by atoms with Gasteiger partial charge in [0, 0.05) is 13.1 Å². The molecule has 0 spiro atoms. The lowest BCUT2D eigenvalue weighted by atomic mass is 9.80. The molecule has 1 aliphatic rings. The highest BCUT2D eigenvalue weighted by Crippen LogP contribution is 2.30. The van der Waals surface area contributed by atoms with E-state index >= 15 is 0 Å². The zero-order chi connectivity index (χ0) is 15.5. The van der Waals surface area contributed by atoms with Crippen LogP contribution in [0.4, 0.5) is 18.0 Å². The van der Waals surface area contributed by atoms with Crippen LogP contribution in [0, 0.1) is 17.5 Å². The average molecular weight is 302 g/mol. The molecule has 7 heteroatoms. The molecule has 0 aromatic heterocycles. The number of carbonyl (C=O) groups excluding carboxylic acids is 1. The van der Waals surface area contributed by atoms with Gasteiger partial charge in [-0.1, -0.05) is 0 Å². The second-order valence-corrected chi connectivity index (χ2v) is 5.31. The van der Waals surface area contributed by atoms with E-state index in [0.29, 0.717) is 12.8 Å². The standard InChI is InChI=1S/C14H17F3N2O2/c15-10-6-9(7-11(16)12(10)17)2-5-18-13(20)19-8-14(21)3-1-4-14/h6-7,21H,1-5,8H2,(H2,18,19,20). The average Bonchev–Trinajstić information content (AvgIpc) is 2.40. The van der Waals surface area contributed by atoms with Crippen molar-refractivity contribution < 1.29 is 23.1 Å². The van der Waals surface area contributed by atoms with E-state index in [9.17, 15) is 23.1 Å². The highest BCUT2D eigenvalue weighted by atomic mass is 19.2. The fourth-order valence-corrected chi connectivity index (χ4v) is 2.14. The number of urea groups is 1. The van der Waals surface area contributed by atoms with Crippen molar-refractivity contribution in [1.29, 1.82) is 0 Å². The molecule has 0 heterocycles. The molecule has 3 N–H and O–H groups in total. The van der Waals surface area contributed by atoms with Crippen LogP contribution in [0.15, 0.2) is 12.1 Å². The van der Waals surface area contributed by atoms with E-state index in [1.54, 1.807) is 0 Å². The van der Waals surface area contributed by atoms with Gasteiger partial charge in [0.15, 0.2) is 17.5 Å². The number of nitrogens with one attached hydrogen (secondary N) is 2. The van der Waals surface area contributed by atoms with Gasteiger partial charge in [-0.2, -0.15) is 0 Å². The first-order valence-corrected chi connectivity index (χ1v) is 6.77. The third-order valence-electron chi connectivity index (χ3n) is 3.61. The molecule has 0 aliphatic heterocycles. The predicted octanol–water partition coefficient (Wildman–Crippen LogP) is 1.86. The summed E-state index contributed by atoms with van der Waals surface area (Å²) in [6.07, 6.45) is 2.45. The van der Waals surface area contributed by atoms with Crippen molar-refractivity contribution in [3.8, 4) is 0 Å². The zero-order valence-electron chi connectivity index (χ0n) is 11.4. The van der Waals surface area contributed by atoms with Gasteiger partial charge in [0.2, 0.25) is 0 Å². The van der Waals surface area contributed by atoms with Gasteiger partial charge in [0.05, 0.1) is 5.60 Å². The molecule has 0 radical (unpaired) electrons. The first kappa shape index (κ1) is 15.6. The van der Waals surface area contributed by atoms with Crippen molar-refractivity contribution in [2.75, 3.05) is 13.1 Å². The SMILES string of the molecule is O=C(NCCc1cc(F)c(F)c(F)c1)NCC1(O)CCC1. The lowest BCUT2D eigenvalue weighted by Crippen LogP contribution is -2.50. The quantitative estimate of drug-likeness (QED) is 0.727. The summed E-state index contributed by atoms with van der Waals surface area (Å²) >= 11 is 0. The van der Waals surface area contributed by atoms with Crippen LogP contribution in [0.25, 0.3) is 0 Å². The van der Waals surface area contributed by atoms with E-state index in [4.69, 9.17) is 0 Å². The maximum atomic E-state index is 13.0. The molecule has 2 amide bonds. The Morgan fingerprint density at radius 1 is 1.19 bits per heavy atom. The normalized spacial score (nSPS) is 16.2. The third-order valence-corrected chi connectivity index (χ3v) is 3.61. The first-order valence-electron chi connectivity index (χ1n) is 6.77. The van der Waals surface area contributed by atoms with Gasteiger partial charge in [-0.05, 0) is 43.4 Å². The van der Waals surface area contributed by atoms with Crippen LogP contribution in [0.2, 0.25) is 0 Å². The summed E-state index contributed by atoms with van der Waals surface area (Å²) in [5.41, 5.74) is -0.551. The number of carbonyl (C=O) groups is 1. The molecule has 1 aromatic rings. The second kappa shape index (κ2) is 6.34. The van der Waals surface area contributed by atoms with Crippen LogP contribution in [0.5, 0.6) is 0 Å². The molecule has 0 saturated heterocycles. The molecule has 1 saturated carbocycles. The fraction of sp³-hybridized carbons (Fsp3) is 0.500. The Morgan fingerprint density at radius 2 is 1.81 bits per heavy atom. The Morgan fingerprint density at radius 3 is 2.33 bits per heavy atom. The van der Waals surface area contributed by atoms with Crippen molar-refractivity contribution in [3.63, 3.8) is 0 Å². The van der Waals surface area contributed by atoms with Gasteiger partial charge >= 0.3 is 6.03 Å². The Kier molecular flexibility index (Phi) is 4.72. The number of rotatable bonds is 5. The highest BCUT2D eigenvalue weighted by molar-refractivity contribution is 5.73. The Bertz CT molecular complexity index is 510. The maximum absolute atomic E-state index is 13.0. The van der Waals surface area contributed by atoms with E-state index in [1.165, 1.54) is 0 Å². The lowest BCUT2D eigenvalue weighted by Gasteiger charge is -2.36. The van der Waals surface area contributed by atoms with E-state index in [0.717, 1.165) is 18.6 Å². The minimum absolute atomic E-state index is 0.148. The van der Waals surface area contributed by atoms with E-state index in [1.807, 2.05) is 0 Å². The van der Waals surface area contributed by atoms with E-state index in [-0.39, 0.29) is 25.1 Å². The van der Waals surface area contributed by atoms with Crippen LogP contribution in [0.1, 0.15) is 24.8 Å². The summed E-state index contributed by atoms with van der Waals surface area (Å²) in [5.74, 6) is -4.00. The van der Waals surface area contributed by atoms with Gasteiger partial charge in [-0.15, -0.1) is 0 Å². The number of aliphatic hydroxyl groups is 1. The monoisotopic (exact) mass is 302 g/mol. The molecular weight excluding hydrogens is 285 g/mol. The molecule has 0 bridgehead atoms. The number of amides is 2. The maximum Gasteiger partial charge on any atom is 0.314 e. The summed E-state index contributed by atoms with van der Waals surface area (Å²) < 4.78 is 38.7. The van der Waals surface area contributed by atoms with Crippen LogP contribution in [-0.4, -0.2) is 29.8 Å². The number of benzene rings is 1. The van der Waals surface area contributed by atoms with Crippen molar-refractivity contribution >= 4 is 6.03 Å². The lowest BCUT2D eigenvalue weighted by molar-refractivity contribution is -0.0290. The molecule has 2 rings (SSSR count). The van der Waals surface area contributed by atoms with Gasteiger partial charge in [-0.3, -0.25) is 0 Å². The summed E-state index contributed by atoms with van der Waals surface area (Å²) in [4.78, 5) is 11.5. The Labute approximate surface area is 120 Å². The number of halogens is 3. The third kappa shape index (κ3) is 4.10.